The average molecular weight is 726 g/mol. The Hall–Kier alpha value is -7.62. The third-order valence-electron chi connectivity index (χ3n) is 11.2. The van der Waals surface area contributed by atoms with Gasteiger partial charge in [0.15, 0.2) is 0 Å². The minimum atomic E-state index is 0.927. The fourth-order valence-electron chi connectivity index (χ4n) is 8.45. The highest BCUT2D eigenvalue weighted by molar-refractivity contribution is 6.14. The maximum absolute atomic E-state index is 5.31. The van der Waals surface area contributed by atoms with Crippen molar-refractivity contribution in [3.8, 4) is 61.7 Å². The number of fused-ring (bicyclic) bond motifs is 6. The molecular weight excluding hydrogens is 691 g/mol. The highest BCUT2D eigenvalue weighted by atomic mass is 15.0. The van der Waals surface area contributed by atoms with Crippen molar-refractivity contribution < 1.29 is 0 Å². The molecule has 0 radical (unpaired) electrons. The lowest BCUT2D eigenvalue weighted by molar-refractivity contribution is 1.18. The zero-order valence-corrected chi connectivity index (χ0v) is 31.0. The van der Waals surface area contributed by atoms with E-state index in [9.17, 15) is 0 Å². The zero-order valence-electron chi connectivity index (χ0n) is 31.0. The third-order valence-corrected chi connectivity index (χ3v) is 11.2. The van der Waals surface area contributed by atoms with Gasteiger partial charge in [0.25, 0.3) is 0 Å². The smallest absolute Gasteiger partial charge is 0.0722 e. The molecule has 57 heavy (non-hydrogen) atoms. The number of aromatic nitrogens is 3. The van der Waals surface area contributed by atoms with Gasteiger partial charge in [-0.15, -0.1) is 0 Å². The fraction of sp³-hybridized carbons (Fsp3) is 0. The maximum atomic E-state index is 5.31. The van der Waals surface area contributed by atoms with E-state index in [1.54, 1.807) is 0 Å². The van der Waals surface area contributed by atoms with Crippen molar-refractivity contribution in [2.75, 3.05) is 0 Å². The van der Waals surface area contributed by atoms with E-state index >= 15 is 0 Å². The molecule has 0 aliphatic rings. The standard InChI is InChI=1S/C54H35N3/c1-4-15-36(16-5-1)47-35-51(38-19-8-3-9-20-38)55-48-30-28-40-31-39(27-29-44(40)54(47)48)42-33-49(37-17-6-2-7-18-37)56-50(34-42)41-21-14-22-43(32-41)57-52-25-12-10-23-45(52)46-24-11-13-26-53(46)57/h1-35H. The molecule has 3 nitrogen and oxygen atoms in total. The molecule has 3 heterocycles. The molecule has 11 rings (SSSR count). The molecule has 0 aliphatic heterocycles. The molecule has 11 aromatic rings. The van der Waals surface area contributed by atoms with Crippen LogP contribution in [-0.2, 0) is 0 Å². The van der Waals surface area contributed by atoms with Gasteiger partial charge in [-0.1, -0.05) is 158 Å². The minimum absolute atomic E-state index is 0.927. The first-order valence-electron chi connectivity index (χ1n) is 19.4. The number of rotatable bonds is 6. The summed E-state index contributed by atoms with van der Waals surface area (Å²) in [6.45, 7) is 0. The van der Waals surface area contributed by atoms with E-state index in [0.717, 1.165) is 61.5 Å². The Labute approximate surface area is 330 Å². The minimum Gasteiger partial charge on any atom is -0.309 e. The molecule has 8 aromatic carbocycles. The molecule has 0 bridgehead atoms. The summed E-state index contributed by atoms with van der Waals surface area (Å²) < 4.78 is 2.37. The second-order valence-corrected chi connectivity index (χ2v) is 14.6. The number of nitrogens with zero attached hydrogens (tertiary/aromatic N) is 3. The molecule has 0 saturated carbocycles. The van der Waals surface area contributed by atoms with E-state index in [1.165, 1.54) is 43.7 Å². The van der Waals surface area contributed by atoms with Gasteiger partial charge < -0.3 is 4.57 Å². The summed E-state index contributed by atoms with van der Waals surface area (Å²) in [5.41, 5.74) is 15.2. The van der Waals surface area contributed by atoms with Gasteiger partial charge in [-0.3, -0.25) is 0 Å². The number of pyridine rings is 2. The van der Waals surface area contributed by atoms with E-state index in [4.69, 9.17) is 9.97 Å². The normalized spacial score (nSPS) is 11.5. The molecule has 266 valence electrons. The lowest BCUT2D eigenvalue weighted by Gasteiger charge is -2.15. The Bertz CT molecular complexity index is 3220. The summed E-state index contributed by atoms with van der Waals surface area (Å²) in [5, 5.41) is 6.00. The lowest BCUT2D eigenvalue weighted by atomic mass is 9.92. The van der Waals surface area contributed by atoms with Gasteiger partial charge in [0.1, 0.15) is 0 Å². The first kappa shape index (κ1) is 32.8. The molecule has 0 amide bonds. The van der Waals surface area contributed by atoms with Gasteiger partial charge in [0, 0.05) is 38.5 Å². The molecule has 0 unspecified atom stereocenters. The van der Waals surface area contributed by atoms with E-state index in [-0.39, 0.29) is 0 Å². The van der Waals surface area contributed by atoms with E-state index in [0.29, 0.717) is 0 Å². The molecule has 3 aromatic heterocycles. The Kier molecular flexibility index (Phi) is 7.82. The summed E-state index contributed by atoms with van der Waals surface area (Å²) in [6.07, 6.45) is 0. The predicted molar refractivity (Wildman–Crippen MR) is 239 cm³/mol. The van der Waals surface area contributed by atoms with Crippen molar-refractivity contribution in [1.29, 1.82) is 0 Å². The molecule has 0 N–H and O–H groups in total. The van der Waals surface area contributed by atoms with Gasteiger partial charge in [-0.2, -0.15) is 0 Å². The van der Waals surface area contributed by atoms with Crippen LogP contribution in [0.1, 0.15) is 0 Å². The van der Waals surface area contributed by atoms with Crippen LogP contribution in [-0.4, -0.2) is 14.5 Å². The Balaban J connectivity index is 1.08. The summed E-state index contributed by atoms with van der Waals surface area (Å²) in [4.78, 5) is 10.5. The van der Waals surface area contributed by atoms with Crippen molar-refractivity contribution >= 4 is 43.5 Å². The SMILES string of the molecule is c1ccc(-c2cc(-c3ccc4c(ccc5nc(-c6ccccc6)cc(-c6ccccc6)c54)c3)cc(-c3cccc(-n4c5ccccc5c5ccccc54)c3)n2)cc1. The Morgan fingerprint density at radius 3 is 1.54 bits per heavy atom. The molecular formula is C54H35N3. The van der Waals surface area contributed by atoms with E-state index in [1.807, 2.05) is 6.07 Å². The van der Waals surface area contributed by atoms with Gasteiger partial charge in [0.2, 0.25) is 0 Å². The van der Waals surface area contributed by atoms with Crippen LogP contribution >= 0.6 is 0 Å². The van der Waals surface area contributed by atoms with Crippen LogP contribution in [0.4, 0.5) is 0 Å². The van der Waals surface area contributed by atoms with Crippen molar-refractivity contribution in [2.24, 2.45) is 0 Å². The van der Waals surface area contributed by atoms with E-state index < -0.39 is 0 Å². The predicted octanol–water partition coefficient (Wildman–Crippen LogP) is 14.2. The molecule has 0 atom stereocenters. The Morgan fingerprint density at radius 2 is 0.877 bits per heavy atom. The van der Waals surface area contributed by atoms with Crippen LogP contribution in [0.3, 0.4) is 0 Å². The van der Waals surface area contributed by atoms with Crippen LogP contribution in [0.5, 0.6) is 0 Å². The quantitative estimate of drug-likeness (QED) is 0.160. The van der Waals surface area contributed by atoms with Gasteiger partial charge >= 0.3 is 0 Å². The monoisotopic (exact) mass is 725 g/mol. The zero-order chi connectivity index (χ0) is 37.7. The van der Waals surface area contributed by atoms with Gasteiger partial charge in [-0.25, -0.2) is 9.97 Å². The van der Waals surface area contributed by atoms with E-state index in [2.05, 4.69) is 211 Å². The second-order valence-electron chi connectivity index (χ2n) is 14.6. The van der Waals surface area contributed by atoms with Gasteiger partial charge in [0.05, 0.1) is 33.6 Å². The molecule has 0 saturated heterocycles. The topological polar surface area (TPSA) is 30.7 Å². The number of benzene rings is 8. The highest BCUT2D eigenvalue weighted by Gasteiger charge is 2.16. The Morgan fingerprint density at radius 1 is 0.316 bits per heavy atom. The number of hydrogen-bond donors (Lipinski definition) is 0. The first-order valence-corrected chi connectivity index (χ1v) is 19.4. The number of para-hydroxylation sites is 2. The van der Waals surface area contributed by atoms with Crippen molar-refractivity contribution in [3.63, 3.8) is 0 Å². The van der Waals surface area contributed by atoms with Gasteiger partial charge in [-0.05, 0) is 87.6 Å². The third kappa shape index (κ3) is 5.76. The second kappa shape index (κ2) is 13.6. The highest BCUT2D eigenvalue weighted by Crippen LogP contribution is 2.39. The van der Waals surface area contributed by atoms with Crippen molar-refractivity contribution in [3.05, 3.63) is 212 Å². The van der Waals surface area contributed by atoms with Crippen LogP contribution in [0.15, 0.2) is 212 Å². The van der Waals surface area contributed by atoms with Crippen LogP contribution in [0, 0.1) is 0 Å². The molecule has 3 heteroatoms. The maximum Gasteiger partial charge on any atom is 0.0722 e. The summed E-state index contributed by atoms with van der Waals surface area (Å²) >= 11 is 0. The molecule has 0 fully saturated rings. The average Bonchev–Trinajstić information content (AvgIpc) is 3.63. The summed E-state index contributed by atoms with van der Waals surface area (Å²) in [6, 6.07) is 75.6. The van der Waals surface area contributed by atoms with Crippen LogP contribution in [0.25, 0.3) is 105 Å². The van der Waals surface area contributed by atoms with Crippen molar-refractivity contribution in [1.82, 2.24) is 14.5 Å². The molecule has 0 spiro atoms. The fourth-order valence-corrected chi connectivity index (χ4v) is 8.45. The van der Waals surface area contributed by atoms with Crippen molar-refractivity contribution in [2.45, 2.75) is 0 Å². The largest absolute Gasteiger partial charge is 0.309 e. The lowest BCUT2D eigenvalue weighted by Crippen LogP contribution is -1.96. The van der Waals surface area contributed by atoms with Crippen LogP contribution in [0.2, 0.25) is 0 Å². The summed E-state index contributed by atoms with van der Waals surface area (Å²) in [7, 11) is 0. The van der Waals surface area contributed by atoms with Crippen LogP contribution < -0.4 is 0 Å². The number of hydrogen-bond acceptors (Lipinski definition) is 2. The molecule has 0 aliphatic carbocycles. The first-order chi connectivity index (χ1) is 28.2. The summed E-state index contributed by atoms with van der Waals surface area (Å²) in [5.74, 6) is 0.